The second-order valence-corrected chi connectivity index (χ2v) is 4.52. The van der Waals surface area contributed by atoms with Crippen LogP contribution in [-0.2, 0) is 6.42 Å². The summed E-state index contributed by atoms with van der Waals surface area (Å²) in [4.78, 5) is 4.12. The molecule has 0 amide bonds. The molecule has 1 heterocycles. The standard InChI is InChI=1S/C15H15N3O/c1-2-9-3-5-10(6-4-9)12-7-11(16)8-13-14(12)19-15(17)18-13/h3-8H,2,16H2,1H3,(H2,17,18). The van der Waals surface area contributed by atoms with Crippen molar-refractivity contribution in [3.8, 4) is 11.1 Å². The number of rotatable bonds is 2. The van der Waals surface area contributed by atoms with Crippen LogP contribution in [-0.4, -0.2) is 4.98 Å². The fourth-order valence-corrected chi connectivity index (χ4v) is 2.21. The van der Waals surface area contributed by atoms with Crippen molar-refractivity contribution in [1.82, 2.24) is 4.98 Å². The van der Waals surface area contributed by atoms with E-state index >= 15 is 0 Å². The maximum absolute atomic E-state index is 5.90. The molecule has 0 aliphatic carbocycles. The van der Waals surface area contributed by atoms with Crippen molar-refractivity contribution in [3.05, 3.63) is 42.0 Å². The SMILES string of the molecule is CCc1ccc(-c2cc(N)cc3nc(N)oc23)cc1. The van der Waals surface area contributed by atoms with Gasteiger partial charge in [0.2, 0.25) is 0 Å². The summed E-state index contributed by atoms with van der Waals surface area (Å²) < 4.78 is 5.48. The molecule has 4 N–H and O–H groups in total. The third kappa shape index (κ3) is 2.01. The minimum absolute atomic E-state index is 0.159. The third-order valence-electron chi connectivity index (χ3n) is 3.20. The molecule has 4 heteroatoms. The molecule has 4 nitrogen and oxygen atoms in total. The summed E-state index contributed by atoms with van der Waals surface area (Å²) in [5.74, 6) is 0. The Hall–Kier alpha value is -2.49. The number of nitrogen functional groups attached to an aromatic ring is 2. The molecular weight excluding hydrogens is 238 g/mol. The van der Waals surface area contributed by atoms with Gasteiger partial charge in [-0.2, -0.15) is 4.98 Å². The predicted molar refractivity (Wildman–Crippen MR) is 77.6 cm³/mol. The average Bonchev–Trinajstić information content (AvgIpc) is 2.78. The molecule has 0 saturated heterocycles. The van der Waals surface area contributed by atoms with E-state index in [-0.39, 0.29) is 6.01 Å². The minimum atomic E-state index is 0.159. The third-order valence-corrected chi connectivity index (χ3v) is 3.20. The Bertz CT molecular complexity index is 729. The number of hydrogen-bond acceptors (Lipinski definition) is 4. The number of nitrogens with two attached hydrogens (primary N) is 2. The molecule has 96 valence electrons. The lowest BCUT2D eigenvalue weighted by molar-refractivity contribution is 0.627. The Morgan fingerprint density at radius 1 is 1.11 bits per heavy atom. The molecule has 0 aliphatic rings. The summed E-state index contributed by atoms with van der Waals surface area (Å²) in [5.41, 5.74) is 16.8. The van der Waals surface area contributed by atoms with Gasteiger partial charge in [-0.05, 0) is 29.7 Å². The van der Waals surface area contributed by atoms with Gasteiger partial charge in [-0.25, -0.2) is 0 Å². The summed E-state index contributed by atoms with van der Waals surface area (Å²) in [6, 6.07) is 12.1. The predicted octanol–water partition coefficient (Wildman–Crippen LogP) is 3.22. The van der Waals surface area contributed by atoms with Crippen LogP contribution in [0, 0.1) is 0 Å². The molecule has 0 unspecified atom stereocenters. The summed E-state index contributed by atoms with van der Waals surface area (Å²) in [6.07, 6.45) is 1.02. The molecule has 3 aromatic rings. The summed E-state index contributed by atoms with van der Waals surface area (Å²) in [6.45, 7) is 2.13. The van der Waals surface area contributed by atoms with Crippen molar-refractivity contribution < 1.29 is 4.42 Å². The van der Waals surface area contributed by atoms with E-state index in [1.165, 1.54) is 5.56 Å². The number of hydrogen-bond donors (Lipinski definition) is 2. The van der Waals surface area contributed by atoms with Gasteiger partial charge in [-0.1, -0.05) is 31.2 Å². The molecule has 0 bridgehead atoms. The van der Waals surface area contributed by atoms with E-state index in [1.807, 2.05) is 6.07 Å². The van der Waals surface area contributed by atoms with Crippen molar-refractivity contribution in [3.63, 3.8) is 0 Å². The first-order valence-corrected chi connectivity index (χ1v) is 6.22. The van der Waals surface area contributed by atoms with Gasteiger partial charge in [0.05, 0.1) is 0 Å². The fourth-order valence-electron chi connectivity index (χ4n) is 2.21. The van der Waals surface area contributed by atoms with Crippen LogP contribution in [0.25, 0.3) is 22.2 Å². The summed E-state index contributed by atoms with van der Waals surface area (Å²) in [5, 5.41) is 0. The van der Waals surface area contributed by atoms with Gasteiger partial charge >= 0.3 is 0 Å². The lowest BCUT2D eigenvalue weighted by atomic mass is 10.0. The van der Waals surface area contributed by atoms with E-state index in [1.54, 1.807) is 6.07 Å². The molecule has 0 radical (unpaired) electrons. The van der Waals surface area contributed by atoms with Crippen LogP contribution in [0.3, 0.4) is 0 Å². The van der Waals surface area contributed by atoms with E-state index in [0.717, 1.165) is 17.5 Å². The fraction of sp³-hybridized carbons (Fsp3) is 0.133. The quantitative estimate of drug-likeness (QED) is 0.687. The second-order valence-electron chi connectivity index (χ2n) is 4.52. The van der Waals surface area contributed by atoms with Gasteiger partial charge in [-0.15, -0.1) is 0 Å². The van der Waals surface area contributed by atoms with Crippen molar-refractivity contribution in [2.75, 3.05) is 11.5 Å². The van der Waals surface area contributed by atoms with Crippen molar-refractivity contribution >= 4 is 22.8 Å². The van der Waals surface area contributed by atoms with Crippen LogP contribution >= 0.6 is 0 Å². The summed E-state index contributed by atoms with van der Waals surface area (Å²) >= 11 is 0. The van der Waals surface area contributed by atoms with Crippen LogP contribution in [0.2, 0.25) is 0 Å². The maximum atomic E-state index is 5.90. The topological polar surface area (TPSA) is 78.1 Å². The van der Waals surface area contributed by atoms with Crippen LogP contribution in [0.4, 0.5) is 11.7 Å². The number of benzene rings is 2. The van der Waals surface area contributed by atoms with E-state index < -0.39 is 0 Å². The largest absolute Gasteiger partial charge is 0.423 e. The maximum Gasteiger partial charge on any atom is 0.293 e. The lowest BCUT2D eigenvalue weighted by Gasteiger charge is -2.05. The Labute approximate surface area is 111 Å². The number of oxazole rings is 1. The van der Waals surface area contributed by atoms with Crippen LogP contribution in [0.1, 0.15) is 12.5 Å². The summed E-state index contributed by atoms with van der Waals surface area (Å²) in [7, 11) is 0. The Kier molecular flexibility index (Phi) is 2.63. The number of fused-ring (bicyclic) bond motifs is 1. The van der Waals surface area contributed by atoms with Gasteiger partial charge in [0.1, 0.15) is 5.52 Å². The second kappa shape index (κ2) is 4.31. The minimum Gasteiger partial charge on any atom is -0.423 e. The first kappa shape index (κ1) is 11.6. The number of anilines is 2. The number of aromatic nitrogens is 1. The Morgan fingerprint density at radius 3 is 2.53 bits per heavy atom. The van der Waals surface area contributed by atoms with Gasteiger partial charge in [0.15, 0.2) is 5.58 Å². The smallest absolute Gasteiger partial charge is 0.293 e. The zero-order valence-corrected chi connectivity index (χ0v) is 10.7. The van der Waals surface area contributed by atoms with Crippen LogP contribution in [0.15, 0.2) is 40.8 Å². The van der Waals surface area contributed by atoms with Gasteiger partial charge in [0, 0.05) is 11.3 Å². The molecule has 2 aromatic carbocycles. The van der Waals surface area contributed by atoms with Crippen molar-refractivity contribution in [2.45, 2.75) is 13.3 Å². The zero-order chi connectivity index (χ0) is 13.4. The highest BCUT2D eigenvalue weighted by molar-refractivity contribution is 5.93. The molecule has 0 atom stereocenters. The number of nitrogens with zero attached hydrogens (tertiary/aromatic N) is 1. The zero-order valence-electron chi connectivity index (χ0n) is 10.7. The number of aryl methyl sites for hydroxylation is 1. The van der Waals surface area contributed by atoms with E-state index in [4.69, 9.17) is 15.9 Å². The first-order chi connectivity index (χ1) is 9.17. The van der Waals surface area contributed by atoms with E-state index in [9.17, 15) is 0 Å². The highest BCUT2D eigenvalue weighted by atomic mass is 16.4. The average molecular weight is 253 g/mol. The Morgan fingerprint density at radius 2 is 1.84 bits per heavy atom. The molecule has 0 aliphatic heterocycles. The van der Waals surface area contributed by atoms with Crippen LogP contribution in [0.5, 0.6) is 0 Å². The normalized spacial score (nSPS) is 11.0. The molecule has 1 aromatic heterocycles. The molecule has 0 saturated carbocycles. The van der Waals surface area contributed by atoms with Gasteiger partial charge in [-0.3, -0.25) is 0 Å². The van der Waals surface area contributed by atoms with Gasteiger partial charge < -0.3 is 15.9 Å². The first-order valence-electron chi connectivity index (χ1n) is 6.22. The van der Waals surface area contributed by atoms with Crippen molar-refractivity contribution in [1.29, 1.82) is 0 Å². The molecular formula is C15H15N3O. The molecule has 3 rings (SSSR count). The monoisotopic (exact) mass is 253 g/mol. The highest BCUT2D eigenvalue weighted by Crippen LogP contribution is 2.32. The van der Waals surface area contributed by atoms with Crippen molar-refractivity contribution in [2.24, 2.45) is 0 Å². The van der Waals surface area contributed by atoms with E-state index in [2.05, 4.69) is 36.2 Å². The lowest BCUT2D eigenvalue weighted by Crippen LogP contribution is -1.88. The Balaban J connectivity index is 2.22. The van der Waals surface area contributed by atoms with E-state index in [0.29, 0.717) is 16.8 Å². The molecule has 19 heavy (non-hydrogen) atoms. The molecule has 0 spiro atoms. The van der Waals surface area contributed by atoms with Crippen LogP contribution < -0.4 is 11.5 Å². The highest BCUT2D eigenvalue weighted by Gasteiger charge is 2.11. The van der Waals surface area contributed by atoms with Gasteiger partial charge in [0.25, 0.3) is 6.01 Å². The molecule has 0 fully saturated rings.